The van der Waals surface area contributed by atoms with E-state index in [1.54, 1.807) is 16.8 Å². The molecule has 31 heavy (non-hydrogen) atoms. The quantitative estimate of drug-likeness (QED) is 0.572. The highest BCUT2D eigenvalue weighted by Crippen LogP contribution is 2.19. The zero-order valence-electron chi connectivity index (χ0n) is 18.5. The molecule has 7 heteroatoms. The van der Waals surface area contributed by atoms with E-state index in [-0.39, 0.29) is 18.1 Å². The number of halogens is 1. The number of nitrogens with zero attached hydrogens (tertiary/aromatic N) is 3. The Labute approximate surface area is 182 Å². The molecule has 0 unspecified atom stereocenters. The van der Waals surface area contributed by atoms with Crippen LogP contribution in [0.4, 0.5) is 4.39 Å². The maximum absolute atomic E-state index is 13.2. The summed E-state index contributed by atoms with van der Waals surface area (Å²) in [6, 6.07) is 13.9. The Kier molecular flexibility index (Phi) is 7.41. The van der Waals surface area contributed by atoms with Crippen molar-refractivity contribution >= 4 is 5.91 Å². The molecule has 1 amide bonds. The number of carbonyl (C=O) groups excluding carboxylic acids is 1. The van der Waals surface area contributed by atoms with E-state index in [0.717, 1.165) is 40.5 Å². The second kappa shape index (κ2) is 10.2. The Bertz CT molecular complexity index is 1010. The zero-order chi connectivity index (χ0) is 22.4. The smallest absolute Gasteiger partial charge is 0.224 e. The molecular weight excluding hydrogens is 395 g/mol. The average Bonchev–Trinajstić information content (AvgIpc) is 3.02. The van der Waals surface area contributed by atoms with E-state index in [0.29, 0.717) is 13.2 Å². The van der Waals surface area contributed by atoms with Gasteiger partial charge in [0, 0.05) is 24.3 Å². The molecule has 0 aliphatic carbocycles. The molecule has 0 saturated carbocycles. The van der Waals surface area contributed by atoms with Crippen molar-refractivity contribution in [1.29, 1.82) is 0 Å². The molecule has 2 aromatic carbocycles. The highest BCUT2D eigenvalue weighted by molar-refractivity contribution is 5.79. The number of aromatic nitrogens is 2. The molecular formula is C24H29FN4O2. The van der Waals surface area contributed by atoms with Crippen molar-refractivity contribution in [2.75, 3.05) is 27.2 Å². The van der Waals surface area contributed by atoms with Gasteiger partial charge in [0.15, 0.2) is 0 Å². The first-order valence-corrected chi connectivity index (χ1v) is 10.3. The van der Waals surface area contributed by atoms with Crippen LogP contribution in [0.3, 0.4) is 0 Å². The minimum absolute atomic E-state index is 0.0730. The van der Waals surface area contributed by atoms with Crippen LogP contribution < -0.4 is 10.1 Å². The van der Waals surface area contributed by atoms with E-state index >= 15 is 0 Å². The van der Waals surface area contributed by atoms with Gasteiger partial charge in [0.05, 0.1) is 17.8 Å². The number of carbonyl (C=O) groups is 1. The molecule has 0 fully saturated rings. The summed E-state index contributed by atoms with van der Waals surface area (Å²) in [4.78, 5) is 14.6. The Morgan fingerprint density at radius 3 is 2.42 bits per heavy atom. The first-order chi connectivity index (χ1) is 14.8. The van der Waals surface area contributed by atoms with Gasteiger partial charge in [-0.3, -0.25) is 4.79 Å². The first-order valence-electron chi connectivity index (χ1n) is 10.3. The van der Waals surface area contributed by atoms with E-state index in [1.807, 2.05) is 52.2 Å². The lowest BCUT2D eigenvalue weighted by molar-refractivity contribution is -0.120. The van der Waals surface area contributed by atoms with Crippen LogP contribution >= 0.6 is 0 Å². The van der Waals surface area contributed by atoms with Gasteiger partial charge in [-0.25, -0.2) is 9.07 Å². The topological polar surface area (TPSA) is 59.4 Å². The summed E-state index contributed by atoms with van der Waals surface area (Å²) in [6.07, 6.45) is 0.241. The highest BCUT2D eigenvalue weighted by Gasteiger charge is 2.16. The van der Waals surface area contributed by atoms with Gasteiger partial charge in [-0.1, -0.05) is 12.1 Å². The second-order valence-corrected chi connectivity index (χ2v) is 7.79. The van der Waals surface area contributed by atoms with Gasteiger partial charge >= 0.3 is 0 Å². The maximum Gasteiger partial charge on any atom is 0.224 e. The van der Waals surface area contributed by atoms with E-state index in [2.05, 4.69) is 15.3 Å². The normalized spacial score (nSPS) is 11.0. The molecule has 0 atom stereocenters. The Morgan fingerprint density at radius 1 is 1.10 bits per heavy atom. The van der Waals surface area contributed by atoms with Crippen LogP contribution in [0.15, 0.2) is 48.5 Å². The number of aryl methyl sites for hydroxylation is 1. The molecule has 0 saturated heterocycles. The summed E-state index contributed by atoms with van der Waals surface area (Å²) in [5, 5.41) is 7.49. The van der Waals surface area contributed by atoms with E-state index < -0.39 is 0 Å². The van der Waals surface area contributed by atoms with Crippen LogP contribution in [0.2, 0.25) is 0 Å². The lowest BCUT2D eigenvalue weighted by atomic mass is 10.1. The maximum atomic E-state index is 13.2. The molecule has 3 aromatic rings. The monoisotopic (exact) mass is 424 g/mol. The van der Waals surface area contributed by atoms with Crippen molar-refractivity contribution in [3.63, 3.8) is 0 Å². The Balaban J connectivity index is 1.56. The number of hydrogen-bond acceptors (Lipinski definition) is 4. The van der Waals surface area contributed by atoms with Crippen molar-refractivity contribution in [2.24, 2.45) is 0 Å². The summed E-state index contributed by atoms with van der Waals surface area (Å²) >= 11 is 0. The van der Waals surface area contributed by atoms with Gasteiger partial charge in [0.1, 0.15) is 18.2 Å². The standard InChI is InChI=1S/C24H29FN4O2/c1-17-23(18(2)29(27-17)21-9-7-20(25)8-10-21)15-24(30)26-16-19-5-11-22(12-6-19)31-14-13-28(3)4/h5-12H,13-16H2,1-4H3,(H,26,30). The molecule has 164 valence electrons. The van der Waals surface area contributed by atoms with Gasteiger partial charge in [-0.2, -0.15) is 5.10 Å². The molecule has 0 bridgehead atoms. The number of amides is 1. The molecule has 3 rings (SSSR count). The predicted molar refractivity (Wildman–Crippen MR) is 119 cm³/mol. The molecule has 6 nitrogen and oxygen atoms in total. The molecule has 0 spiro atoms. The molecule has 0 aliphatic rings. The van der Waals surface area contributed by atoms with Crippen molar-refractivity contribution in [1.82, 2.24) is 20.0 Å². The second-order valence-electron chi connectivity index (χ2n) is 7.79. The van der Waals surface area contributed by atoms with Crippen LogP contribution in [0.25, 0.3) is 5.69 Å². The van der Waals surface area contributed by atoms with Crippen LogP contribution in [0.1, 0.15) is 22.5 Å². The van der Waals surface area contributed by atoms with Crippen molar-refractivity contribution in [3.8, 4) is 11.4 Å². The lowest BCUT2D eigenvalue weighted by Crippen LogP contribution is -2.25. The average molecular weight is 425 g/mol. The van der Waals surface area contributed by atoms with Crippen LogP contribution in [0, 0.1) is 19.7 Å². The minimum atomic E-state index is -0.293. The predicted octanol–water partition coefficient (Wildman–Crippen LogP) is 3.43. The van der Waals surface area contributed by atoms with Gasteiger partial charge in [0.2, 0.25) is 5.91 Å². The first kappa shape index (κ1) is 22.5. The fourth-order valence-electron chi connectivity index (χ4n) is 3.24. The number of likely N-dealkylation sites (N-methyl/N-ethyl adjacent to an activating group) is 1. The molecule has 1 N–H and O–H groups in total. The SMILES string of the molecule is Cc1nn(-c2ccc(F)cc2)c(C)c1CC(=O)NCc1ccc(OCCN(C)C)cc1. The summed E-state index contributed by atoms with van der Waals surface area (Å²) in [5.41, 5.74) is 4.31. The Morgan fingerprint density at radius 2 is 1.77 bits per heavy atom. The zero-order valence-corrected chi connectivity index (χ0v) is 18.5. The van der Waals surface area contributed by atoms with E-state index in [1.165, 1.54) is 12.1 Å². The van der Waals surface area contributed by atoms with Crippen molar-refractivity contribution in [3.05, 3.63) is 76.9 Å². The summed E-state index contributed by atoms with van der Waals surface area (Å²) in [5.74, 6) is 0.450. The van der Waals surface area contributed by atoms with Crippen LogP contribution in [-0.4, -0.2) is 47.8 Å². The van der Waals surface area contributed by atoms with Crippen molar-refractivity contribution < 1.29 is 13.9 Å². The van der Waals surface area contributed by atoms with Crippen LogP contribution in [-0.2, 0) is 17.8 Å². The molecule has 0 aliphatic heterocycles. The van der Waals surface area contributed by atoms with E-state index in [4.69, 9.17) is 4.74 Å². The summed E-state index contributed by atoms with van der Waals surface area (Å²) in [7, 11) is 4.01. The van der Waals surface area contributed by atoms with Crippen LogP contribution in [0.5, 0.6) is 5.75 Å². The number of hydrogen-bond donors (Lipinski definition) is 1. The lowest BCUT2D eigenvalue weighted by Gasteiger charge is -2.11. The fourth-order valence-corrected chi connectivity index (χ4v) is 3.24. The molecule has 1 heterocycles. The highest BCUT2D eigenvalue weighted by atomic mass is 19.1. The number of benzene rings is 2. The molecule has 1 aromatic heterocycles. The fraction of sp³-hybridized carbons (Fsp3) is 0.333. The Hall–Kier alpha value is -3.19. The molecule has 0 radical (unpaired) electrons. The van der Waals surface area contributed by atoms with Gasteiger partial charge < -0.3 is 15.0 Å². The third-order valence-corrected chi connectivity index (χ3v) is 5.07. The minimum Gasteiger partial charge on any atom is -0.492 e. The van der Waals surface area contributed by atoms with Crippen molar-refractivity contribution in [2.45, 2.75) is 26.8 Å². The van der Waals surface area contributed by atoms with E-state index in [9.17, 15) is 9.18 Å². The van der Waals surface area contributed by atoms with Gasteiger partial charge in [-0.05, 0) is 69.9 Å². The van der Waals surface area contributed by atoms with Gasteiger partial charge in [-0.15, -0.1) is 0 Å². The van der Waals surface area contributed by atoms with Gasteiger partial charge in [0.25, 0.3) is 0 Å². The summed E-state index contributed by atoms with van der Waals surface area (Å²) < 4.78 is 20.6. The third kappa shape index (κ3) is 6.15. The number of rotatable bonds is 9. The largest absolute Gasteiger partial charge is 0.492 e. The summed E-state index contributed by atoms with van der Waals surface area (Å²) in [6.45, 7) is 5.73. The number of ether oxygens (including phenoxy) is 1. The number of nitrogens with one attached hydrogen (secondary N) is 1. The third-order valence-electron chi connectivity index (χ3n) is 5.07.